The first-order valence-corrected chi connectivity index (χ1v) is 6.56. The fourth-order valence-electron chi connectivity index (χ4n) is 1.95. The highest BCUT2D eigenvalue weighted by atomic mass is 16.6. The van der Waals surface area contributed by atoms with Crippen molar-refractivity contribution in [3.8, 4) is 0 Å². The van der Waals surface area contributed by atoms with E-state index in [1.165, 1.54) is 4.57 Å². The van der Waals surface area contributed by atoms with Gasteiger partial charge in [0.1, 0.15) is 5.60 Å². The maximum absolute atomic E-state index is 12.1. The summed E-state index contributed by atoms with van der Waals surface area (Å²) in [7, 11) is 0. The number of aromatic nitrogens is 1. The molecule has 1 amide bonds. The van der Waals surface area contributed by atoms with Crippen LogP contribution in [0.15, 0.2) is 30.5 Å². The van der Waals surface area contributed by atoms with E-state index < -0.39 is 17.8 Å². The molecule has 0 aliphatic carbocycles. The van der Waals surface area contributed by atoms with Crippen molar-refractivity contribution >= 4 is 23.1 Å². The molecule has 6 nitrogen and oxygen atoms in total. The third kappa shape index (κ3) is 3.75. The van der Waals surface area contributed by atoms with Gasteiger partial charge in [0.15, 0.2) is 0 Å². The van der Waals surface area contributed by atoms with E-state index in [-0.39, 0.29) is 6.54 Å². The van der Waals surface area contributed by atoms with Gasteiger partial charge in [-0.3, -0.25) is 4.57 Å². The van der Waals surface area contributed by atoms with Crippen LogP contribution in [0.4, 0.5) is 9.59 Å². The van der Waals surface area contributed by atoms with Crippen LogP contribution < -0.4 is 5.32 Å². The number of hydrogen-bond acceptors (Lipinski definition) is 3. The fourth-order valence-corrected chi connectivity index (χ4v) is 1.95. The van der Waals surface area contributed by atoms with E-state index in [1.807, 2.05) is 26.8 Å². The Morgan fingerprint density at radius 2 is 2.00 bits per heavy atom. The lowest BCUT2D eigenvalue weighted by Crippen LogP contribution is -2.26. The highest BCUT2D eigenvalue weighted by molar-refractivity contribution is 5.90. The van der Waals surface area contributed by atoms with Crippen molar-refractivity contribution in [2.45, 2.75) is 32.9 Å². The van der Waals surface area contributed by atoms with Crippen LogP contribution in [0, 0.1) is 0 Å². The molecule has 112 valence electrons. The molecule has 0 atom stereocenters. The standard InChI is InChI=1S/C15H18N2O4/c1-15(2,3)21-14(20)17-7-6-11-8-10(4-5-12(11)17)9-16-13(18)19/h4-8,16H,9H2,1-3H3,(H,18,19). The molecule has 0 saturated heterocycles. The van der Waals surface area contributed by atoms with Gasteiger partial charge in [-0.1, -0.05) is 6.07 Å². The Morgan fingerprint density at radius 3 is 2.62 bits per heavy atom. The number of nitrogens with zero attached hydrogens (tertiary/aromatic N) is 1. The zero-order valence-electron chi connectivity index (χ0n) is 12.2. The van der Waals surface area contributed by atoms with E-state index in [9.17, 15) is 9.59 Å². The van der Waals surface area contributed by atoms with Gasteiger partial charge in [-0.2, -0.15) is 0 Å². The van der Waals surface area contributed by atoms with Gasteiger partial charge in [0.25, 0.3) is 0 Å². The van der Waals surface area contributed by atoms with Gasteiger partial charge >= 0.3 is 12.2 Å². The molecule has 6 heteroatoms. The van der Waals surface area contributed by atoms with Crippen LogP contribution in [0.3, 0.4) is 0 Å². The number of fused-ring (bicyclic) bond motifs is 1. The lowest BCUT2D eigenvalue weighted by molar-refractivity contribution is 0.0544. The molecule has 0 aliphatic heterocycles. The third-order valence-electron chi connectivity index (χ3n) is 2.79. The van der Waals surface area contributed by atoms with Gasteiger partial charge in [0.05, 0.1) is 5.52 Å². The Balaban J connectivity index is 2.25. The summed E-state index contributed by atoms with van der Waals surface area (Å²) < 4.78 is 6.77. The number of rotatable bonds is 2. The maximum Gasteiger partial charge on any atom is 0.418 e. The largest absolute Gasteiger partial charge is 0.465 e. The summed E-state index contributed by atoms with van der Waals surface area (Å²) >= 11 is 0. The highest BCUT2D eigenvalue weighted by Crippen LogP contribution is 2.19. The first-order chi connectivity index (χ1) is 9.76. The average molecular weight is 290 g/mol. The van der Waals surface area contributed by atoms with Gasteiger partial charge < -0.3 is 15.2 Å². The van der Waals surface area contributed by atoms with Gasteiger partial charge in [-0.25, -0.2) is 9.59 Å². The molecule has 1 aromatic carbocycles. The molecule has 0 spiro atoms. The summed E-state index contributed by atoms with van der Waals surface area (Å²) in [5.41, 5.74) is 0.995. The minimum Gasteiger partial charge on any atom is -0.465 e. The summed E-state index contributed by atoms with van der Waals surface area (Å²) in [6.45, 7) is 5.66. The number of ether oxygens (including phenoxy) is 1. The molecule has 0 bridgehead atoms. The summed E-state index contributed by atoms with van der Waals surface area (Å²) in [5.74, 6) is 0. The second-order valence-corrected chi connectivity index (χ2v) is 5.72. The number of carbonyl (C=O) groups is 2. The van der Waals surface area contributed by atoms with Crippen molar-refractivity contribution in [3.63, 3.8) is 0 Å². The molecule has 1 aromatic heterocycles. The number of nitrogens with one attached hydrogen (secondary N) is 1. The predicted octanol–water partition coefficient (Wildman–Crippen LogP) is 3.19. The van der Waals surface area contributed by atoms with Gasteiger partial charge in [0.2, 0.25) is 0 Å². The molecule has 2 N–H and O–H groups in total. The van der Waals surface area contributed by atoms with E-state index in [0.29, 0.717) is 0 Å². The van der Waals surface area contributed by atoms with Crippen molar-refractivity contribution in [2.24, 2.45) is 0 Å². The number of carbonyl (C=O) groups excluding carboxylic acids is 1. The molecule has 1 heterocycles. The molecule has 0 aliphatic rings. The Kier molecular flexibility index (Phi) is 3.88. The Hall–Kier alpha value is -2.50. The Labute approximate surface area is 122 Å². The minimum atomic E-state index is -1.07. The van der Waals surface area contributed by atoms with Crippen molar-refractivity contribution in [3.05, 3.63) is 36.0 Å². The van der Waals surface area contributed by atoms with Gasteiger partial charge in [-0.05, 0) is 44.5 Å². The van der Waals surface area contributed by atoms with E-state index >= 15 is 0 Å². The van der Waals surface area contributed by atoms with Crippen molar-refractivity contribution in [2.75, 3.05) is 0 Å². The Morgan fingerprint density at radius 1 is 1.29 bits per heavy atom. The molecule has 21 heavy (non-hydrogen) atoms. The topological polar surface area (TPSA) is 80.6 Å². The van der Waals surface area contributed by atoms with Crippen molar-refractivity contribution in [1.29, 1.82) is 0 Å². The third-order valence-corrected chi connectivity index (χ3v) is 2.79. The summed E-state index contributed by atoms with van der Waals surface area (Å²) in [6, 6.07) is 7.19. The van der Waals surface area contributed by atoms with Crippen LogP contribution in [0.2, 0.25) is 0 Å². The minimum absolute atomic E-state index is 0.225. The second-order valence-electron chi connectivity index (χ2n) is 5.72. The van der Waals surface area contributed by atoms with Gasteiger partial charge in [-0.15, -0.1) is 0 Å². The number of carboxylic acid groups (broad SMARTS) is 1. The SMILES string of the molecule is CC(C)(C)OC(=O)n1ccc2cc(CNC(=O)O)ccc21. The Bertz CT molecular complexity index is 683. The summed E-state index contributed by atoms with van der Waals surface area (Å²) in [4.78, 5) is 22.6. The fraction of sp³-hybridized carbons (Fsp3) is 0.333. The summed E-state index contributed by atoms with van der Waals surface area (Å²) in [6.07, 6.45) is 0.142. The van der Waals surface area contributed by atoms with Crippen LogP contribution in [0.5, 0.6) is 0 Å². The average Bonchev–Trinajstić information content (AvgIpc) is 2.77. The normalized spacial score (nSPS) is 11.4. The van der Waals surface area contributed by atoms with E-state index in [1.54, 1.807) is 24.4 Å². The first-order valence-electron chi connectivity index (χ1n) is 6.56. The summed E-state index contributed by atoms with van der Waals surface area (Å²) in [5, 5.41) is 11.8. The molecule has 0 fully saturated rings. The molecule has 0 unspecified atom stereocenters. The lowest BCUT2D eigenvalue weighted by Gasteiger charge is -2.19. The molecular formula is C15H18N2O4. The molecular weight excluding hydrogens is 272 g/mol. The first kappa shape index (κ1) is 14.9. The number of hydrogen-bond donors (Lipinski definition) is 2. The molecule has 2 rings (SSSR count). The maximum atomic E-state index is 12.1. The highest BCUT2D eigenvalue weighted by Gasteiger charge is 2.18. The van der Waals surface area contributed by atoms with Gasteiger partial charge in [0, 0.05) is 18.1 Å². The zero-order chi connectivity index (χ0) is 15.6. The monoisotopic (exact) mass is 290 g/mol. The van der Waals surface area contributed by atoms with Crippen LogP contribution in [0.1, 0.15) is 26.3 Å². The van der Waals surface area contributed by atoms with Crippen LogP contribution in [0.25, 0.3) is 10.9 Å². The predicted molar refractivity (Wildman–Crippen MR) is 78.4 cm³/mol. The molecule has 0 saturated carbocycles. The van der Waals surface area contributed by atoms with E-state index in [4.69, 9.17) is 9.84 Å². The zero-order valence-corrected chi connectivity index (χ0v) is 12.2. The lowest BCUT2D eigenvalue weighted by atomic mass is 10.1. The quantitative estimate of drug-likeness (QED) is 0.890. The second kappa shape index (κ2) is 5.47. The molecule has 0 radical (unpaired) electrons. The number of benzene rings is 1. The smallest absolute Gasteiger partial charge is 0.418 e. The van der Waals surface area contributed by atoms with Crippen molar-refractivity contribution in [1.82, 2.24) is 9.88 Å². The van der Waals surface area contributed by atoms with E-state index in [2.05, 4.69) is 5.32 Å². The van der Waals surface area contributed by atoms with Crippen LogP contribution in [-0.2, 0) is 11.3 Å². The van der Waals surface area contributed by atoms with Crippen molar-refractivity contribution < 1.29 is 19.4 Å². The van der Waals surface area contributed by atoms with Crippen LogP contribution >= 0.6 is 0 Å². The van der Waals surface area contributed by atoms with E-state index in [0.717, 1.165) is 16.5 Å². The molecule has 2 aromatic rings. The van der Waals surface area contributed by atoms with Crippen LogP contribution in [-0.4, -0.2) is 27.5 Å². The number of amides is 1.